The van der Waals surface area contributed by atoms with Gasteiger partial charge in [0.2, 0.25) is 5.91 Å². The Balaban J connectivity index is -0.0000000967. The summed E-state index contributed by atoms with van der Waals surface area (Å²) in [6.45, 7) is 2.20. The summed E-state index contributed by atoms with van der Waals surface area (Å²) in [5, 5.41) is 0. The molecule has 0 unspecified atom stereocenters. The summed E-state index contributed by atoms with van der Waals surface area (Å²) in [6, 6.07) is 0. The van der Waals surface area contributed by atoms with E-state index in [-0.39, 0.29) is 84.3 Å². The van der Waals surface area contributed by atoms with Crippen LogP contribution in [0.2, 0.25) is 0 Å². The Labute approximate surface area is 327 Å². The fraction of sp³-hybridized carbons (Fsp3) is 0.594. The largest absolute Gasteiger partial charge is 1.00 e. The van der Waals surface area contributed by atoms with Gasteiger partial charge in [0.05, 0.1) is 14.4 Å². The Bertz CT molecular complexity index is 1200. The van der Waals surface area contributed by atoms with Crippen LogP contribution >= 0.6 is 7.82 Å². The molecule has 0 aliphatic heterocycles. The monoisotopic (exact) mass is 679 g/mol. The minimum Gasteiger partial charge on any atom is -0.790 e. The van der Waals surface area contributed by atoms with E-state index >= 15 is 0 Å². The number of carbonyl (C=O) groups is 3. The Morgan fingerprint density at radius 2 is 1.20 bits per heavy atom. The normalized spacial score (nSPS) is 9.67. The molecule has 0 bridgehead atoms. The van der Waals surface area contributed by atoms with Crippen LogP contribution in [-0.4, -0.2) is 37.2 Å². The third-order valence-electron chi connectivity index (χ3n) is 5.21. The second-order valence-corrected chi connectivity index (χ2v) is 10.4. The first-order valence-electron chi connectivity index (χ1n) is 14.3. The number of hydrogen-bond acceptors (Lipinski definition) is 9. The van der Waals surface area contributed by atoms with E-state index < -0.39 is 39.1 Å². The van der Waals surface area contributed by atoms with Gasteiger partial charge < -0.3 is 34.1 Å². The molecule has 13 heteroatoms. The van der Waals surface area contributed by atoms with Crippen LogP contribution < -0.4 is 74.6 Å². The quantitative estimate of drug-likeness (QED) is 0.0430. The molecule has 45 heavy (non-hydrogen) atoms. The zero-order valence-corrected chi connectivity index (χ0v) is 32.1. The van der Waals surface area contributed by atoms with Crippen molar-refractivity contribution in [2.75, 3.05) is 13.2 Å². The summed E-state index contributed by atoms with van der Waals surface area (Å²) in [4.78, 5) is 54.7. The molecule has 0 saturated heterocycles. The van der Waals surface area contributed by atoms with E-state index in [2.05, 4.69) is 70.5 Å². The minimum absolute atomic E-state index is 0. The summed E-state index contributed by atoms with van der Waals surface area (Å²) in [7, 11) is -5.31. The van der Waals surface area contributed by atoms with Gasteiger partial charge in [-0.2, -0.15) is 0 Å². The maximum atomic E-state index is 12.1. The zero-order chi connectivity index (χ0) is 32.6. The van der Waals surface area contributed by atoms with E-state index in [9.17, 15) is 28.7 Å². The first kappa shape index (κ1) is 50.2. The SMILES string of the molecule is C#CC#CC#CC#CC#CC(=O)OC[C@H](COP(=O)([O-])[O-])OC(=O)CCCCCCCCCCCCCCC.CC(N)=O.[HH].[HH].[HH].[HH].[HH].[HH].[HH].[HH].[HH].[Na+].[Na+]. The standard InChI is InChI=1S/C30H39O8P.C2H5NO.2Na.9H2/c1-3-5-7-9-11-13-14-15-16-17-19-21-23-25-30(32)38-28(27-37-39(33,34)35)26-36-29(31)24-22-20-18-12-10-8-6-4-2;1-2(3)4;;;;;;;;;;;/h2,28H,3,5,7,9,11,13-17,19,21,23,25-27H2,1H3,(H2,33,34,35);1H3,(H2,3,4);;;9*1H/q;;2*+1;;;;;;;;;/p-2/t28-;;;;;;;;;;;;/m1............/s1. The second kappa shape index (κ2) is 36.8. The van der Waals surface area contributed by atoms with Crippen LogP contribution in [0.3, 0.4) is 0 Å². The van der Waals surface area contributed by atoms with Crippen molar-refractivity contribution < 1.29 is 115 Å². The number of phosphoric ester groups is 1. The topological polar surface area (TPSA) is 168 Å². The van der Waals surface area contributed by atoms with Crippen molar-refractivity contribution in [1.29, 1.82) is 0 Å². The zero-order valence-electron chi connectivity index (χ0n) is 27.2. The fourth-order valence-electron chi connectivity index (χ4n) is 3.30. The molecule has 0 aliphatic carbocycles. The molecule has 0 heterocycles. The molecule has 0 aromatic heterocycles. The molecule has 2 N–H and O–H groups in total. The van der Waals surface area contributed by atoms with E-state index in [1.54, 1.807) is 0 Å². The fourth-order valence-corrected chi connectivity index (χ4v) is 3.65. The molecule has 1 amide bonds. The van der Waals surface area contributed by atoms with E-state index in [1.165, 1.54) is 64.7 Å². The van der Waals surface area contributed by atoms with Crippen molar-refractivity contribution in [2.24, 2.45) is 5.73 Å². The van der Waals surface area contributed by atoms with E-state index in [1.807, 2.05) is 0 Å². The second-order valence-electron chi connectivity index (χ2n) is 9.20. The van der Waals surface area contributed by atoms with Crippen LogP contribution in [-0.2, 0) is 32.9 Å². The van der Waals surface area contributed by atoms with E-state index in [4.69, 9.17) is 15.9 Å². The number of ether oxygens (including phenoxy) is 2. The maximum Gasteiger partial charge on any atom is 1.00 e. The van der Waals surface area contributed by atoms with Gasteiger partial charge >= 0.3 is 71.1 Å². The third kappa shape index (κ3) is 46.9. The average molecular weight is 680 g/mol. The molecule has 10 nitrogen and oxygen atoms in total. The number of terminal acetylenes is 1. The molecular formula is C32H60NNa2O9P. The average Bonchev–Trinajstić information content (AvgIpc) is 2.93. The van der Waals surface area contributed by atoms with Crippen LogP contribution in [0.1, 0.15) is 117 Å². The number of nitrogens with two attached hydrogens (primary N) is 1. The van der Waals surface area contributed by atoms with Crippen LogP contribution in [0, 0.1) is 59.7 Å². The van der Waals surface area contributed by atoms with Crippen LogP contribution in [0.25, 0.3) is 0 Å². The Morgan fingerprint density at radius 3 is 1.64 bits per heavy atom. The molecule has 0 saturated carbocycles. The van der Waals surface area contributed by atoms with Crippen molar-refractivity contribution in [3.63, 3.8) is 0 Å². The molecule has 0 spiro atoms. The van der Waals surface area contributed by atoms with Crippen molar-refractivity contribution in [2.45, 2.75) is 110 Å². The predicted octanol–water partition coefficient (Wildman–Crippen LogP) is -0.872. The molecule has 0 radical (unpaired) electrons. The molecular weight excluding hydrogens is 619 g/mol. The number of hydrogen-bond donors (Lipinski definition) is 1. The summed E-state index contributed by atoms with van der Waals surface area (Å²) < 4.78 is 24.9. The number of esters is 2. The van der Waals surface area contributed by atoms with Crippen molar-refractivity contribution in [1.82, 2.24) is 0 Å². The van der Waals surface area contributed by atoms with Gasteiger partial charge in [0.25, 0.3) is 0 Å². The molecule has 0 fully saturated rings. The number of rotatable bonds is 20. The Morgan fingerprint density at radius 1 is 0.778 bits per heavy atom. The smallest absolute Gasteiger partial charge is 0.790 e. The number of unbranched alkanes of at least 4 members (excludes halogenated alkanes) is 12. The van der Waals surface area contributed by atoms with Gasteiger partial charge in [0.1, 0.15) is 6.61 Å². The van der Waals surface area contributed by atoms with Crippen molar-refractivity contribution >= 4 is 25.7 Å². The number of primary amides is 1. The summed E-state index contributed by atoms with van der Waals surface area (Å²) >= 11 is 0. The molecule has 0 aromatic carbocycles. The number of phosphoric acid groups is 1. The van der Waals surface area contributed by atoms with Gasteiger partial charge in [-0.25, -0.2) is 4.79 Å². The summed E-state index contributed by atoms with van der Waals surface area (Å²) in [5.74, 6) is 18.3. The Hall–Kier alpha value is -1.68. The maximum absolute atomic E-state index is 12.1. The molecule has 0 aliphatic rings. The minimum atomic E-state index is -5.31. The van der Waals surface area contributed by atoms with E-state index in [0.717, 1.165) is 19.3 Å². The van der Waals surface area contributed by atoms with Crippen LogP contribution in [0.15, 0.2) is 0 Å². The van der Waals surface area contributed by atoms with Gasteiger partial charge in [0.15, 0.2) is 6.10 Å². The molecule has 0 aromatic rings. The third-order valence-corrected chi connectivity index (χ3v) is 5.68. The van der Waals surface area contributed by atoms with Crippen molar-refractivity contribution in [3.8, 4) is 59.7 Å². The summed E-state index contributed by atoms with van der Waals surface area (Å²) in [5.41, 5.74) is 4.47. The van der Waals surface area contributed by atoms with Crippen LogP contribution in [0.5, 0.6) is 0 Å². The van der Waals surface area contributed by atoms with E-state index in [0.29, 0.717) is 6.42 Å². The van der Waals surface area contributed by atoms with Crippen LogP contribution in [0.4, 0.5) is 0 Å². The van der Waals surface area contributed by atoms with Gasteiger partial charge in [-0.3, -0.25) is 9.59 Å². The number of carbonyl (C=O) groups excluding carboxylic acids is 3. The Kier molecular flexibility index (Phi) is 41.0. The molecule has 1 atom stereocenters. The first-order valence-corrected chi connectivity index (χ1v) is 15.7. The molecule has 254 valence electrons. The number of amides is 1. The van der Waals surface area contributed by atoms with Gasteiger partial charge in [-0.15, -0.1) is 6.42 Å². The molecule has 0 rings (SSSR count). The van der Waals surface area contributed by atoms with Gasteiger partial charge in [0, 0.05) is 32.1 Å². The van der Waals surface area contributed by atoms with Gasteiger partial charge in [-0.05, 0) is 53.8 Å². The summed E-state index contributed by atoms with van der Waals surface area (Å²) in [6.07, 6.45) is 18.9. The predicted molar refractivity (Wildman–Crippen MR) is 179 cm³/mol. The first-order chi connectivity index (χ1) is 20.5. The van der Waals surface area contributed by atoms with Crippen molar-refractivity contribution in [3.05, 3.63) is 0 Å². The van der Waals surface area contributed by atoms with Gasteiger partial charge in [-0.1, -0.05) is 84.0 Å².